The van der Waals surface area contributed by atoms with Crippen LogP contribution >= 0.6 is 11.6 Å². The summed E-state index contributed by atoms with van der Waals surface area (Å²) < 4.78 is 5.37. The van der Waals surface area contributed by atoms with Crippen LogP contribution in [-0.2, 0) is 23.7 Å². The fourth-order valence-corrected chi connectivity index (χ4v) is 2.15. The van der Waals surface area contributed by atoms with Crippen LogP contribution in [0, 0.1) is 0 Å². The third kappa shape index (κ3) is 2.96. The minimum absolute atomic E-state index is 0.258. The van der Waals surface area contributed by atoms with Crippen molar-refractivity contribution in [3.8, 4) is 0 Å². The molecule has 0 unspecified atom stereocenters. The zero-order valence-corrected chi connectivity index (χ0v) is 11.8. The first kappa shape index (κ1) is 13.2. The average molecular weight is 268 g/mol. The lowest BCUT2D eigenvalue weighted by Gasteiger charge is -2.24. The van der Waals surface area contributed by atoms with E-state index in [1.54, 1.807) is 4.90 Å². The van der Waals surface area contributed by atoms with Crippen molar-refractivity contribution in [3.05, 3.63) is 34.9 Å². The Hall–Kier alpha value is -1.22. The molecule has 0 bridgehead atoms. The molecule has 0 N–H and O–H groups in total. The molecule has 18 heavy (non-hydrogen) atoms. The molecular weight excluding hydrogens is 250 g/mol. The van der Waals surface area contributed by atoms with Crippen LogP contribution in [0.15, 0.2) is 18.2 Å². The largest absolute Gasteiger partial charge is 0.444 e. The molecule has 0 aliphatic carbocycles. The maximum atomic E-state index is 12.0. The van der Waals surface area contributed by atoms with Crippen LogP contribution in [0.1, 0.15) is 37.5 Å². The van der Waals surface area contributed by atoms with E-state index >= 15 is 0 Å². The van der Waals surface area contributed by atoms with Gasteiger partial charge < -0.3 is 4.74 Å². The summed E-state index contributed by atoms with van der Waals surface area (Å²) in [6, 6.07) is 6.11. The second-order valence-corrected chi connectivity index (χ2v) is 5.84. The standard InChI is InChI=1S/C14H18ClNO2/c1-14(2,3)18-13(17)16-8-11-5-4-10(7-15)6-12(11)9-16/h4-6H,7-9H2,1-3H3. The predicted octanol–water partition coefficient (Wildman–Crippen LogP) is 3.68. The van der Waals surface area contributed by atoms with Crippen LogP contribution in [0.2, 0.25) is 0 Å². The molecule has 0 atom stereocenters. The Balaban J connectivity index is 2.08. The molecular formula is C14H18ClNO2. The van der Waals surface area contributed by atoms with E-state index in [1.165, 1.54) is 11.1 Å². The number of hydrogen-bond donors (Lipinski definition) is 0. The molecule has 0 saturated heterocycles. The molecule has 98 valence electrons. The number of ether oxygens (including phenoxy) is 1. The first-order valence-corrected chi connectivity index (χ1v) is 6.57. The lowest BCUT2D eigenvalue weighted by molar-refractivity contribution is 0.0242. The summed E-state index contributed by atoms with van der Waals surface area (Å²) in [6.07, 6.45) is -0.258. The van der Waals surface area contributed by atoms with Crippen LogP contribution in [0.3, 0.4) is 0 Å². The molecule has 1 aromatic rings. The zero-order chi connectivity index (χ0) is 13.3. The van der Waals surface area contributed by atoms with E-state index in [4.69, 9.17) is 16.3 Å². The first-order valence-electron chi connectivity index (χ1n) is 6.03. The van der Waals surface area contributed by atoms with Gasteiger partial charge in [-0.15, -0.1) is 11.6 Å². The van der Waals surface area contributed by atoms with Crippen molar-refractivity contribution in [3.63, 3.8) is 0 Å². The molecule has 0 aromatic heterocycles. The van der Waals surface area contributed by atoms with Gasteiger partial charge in [0.2, 0.25) is 0 Å². The Labute approximate surface area is 113 Å². The Bertz CT molecular complexity index is 465. The van der Waals surface area contributed by atoms with Gasteiger partial charge in [0.05, 0.1) is 0 Å². The van der Waals surface area contributed by atoms with Crippen LogP contribution in [-0.4, -0.2) is 16.6 Å². The molecule has 1 aliphatic rings. The Kier molecular flexibility index (Phi) is 3.53. The molecule has 4 heteroatoms. The van der Waals surface area contributed by atoms with Crippen molar-refractivity contribution in [2.45, 2.75) is 45.3 Å². The van der Waals surface area contributed by atoms with Crippen molar-refractivity contribution in [2.75, 3.05) is 0 Å². The molecule has 3 nitrogen and oxygen atoms in total. The predicted molar refractivity (Wildman–Crippen MR) is 71.5 cm³/mol. The molecule has 0 fully saturated rings. The van der Waals surface area contributed by atoms with Gasteiger partial charge in [-0.05, 0) is 37.5 Å². The van der Waals surface area contributed by atoms with E-state index in [0.29, 0.717) is 19.0 Å². The number of alkyl halides is 1. The lowest BCUT2D eigenvalue weighted by atomic mass is 10.1. The molecule has 1 heterocycles. The summed E-state index contributed by atoms with van der Waals surface area (Å²) in [5, 5.41) is 0. The van der Waals surface area contributed by atoms with Crippen molar-refractivity contribution in [2.24, 2.45) is 0 Å². The van der Waals surface area contributed by atoms with E-state index in [9.17, 15) is 4.79 Å². The zero-order valence-electron chi connectivity index (χ0n) is 11.0. The summed E-state index contributed by atoms with van der Waals surface area (Å²) in [4.78, 5) is 13.7. The normalized spacial score (nSPS) is 14.6. The molecule has 1 aliphatic heterocycles. The van der Waals surface area contributed by atoms with Crippen LogP contribution in [0.4, 0.5) is 4.79 Å². The van der Waals surface area contributed by atoms with Crippen LogP contribution in [0.25, 0.3) is 0 Å². The second kappa shape index (κ2) is 4.81. The number of amides is 1. The fourth-order valence-electron chi connectivity index (χ4n) is 1.99. The minimum atomic E-state index is -0.451. The van der Waals surface area contributed by atoms with Gasteiger partial charge in [0.25, 0.3) is 0 Å². The quantitative estimate of drug-likeness (QED) is 0.727. The maximum Gasteiger partial charge on any atom is 0.410 e. The van der Waals surface area contributed by atoms with E-state index in [-0.39, 0.29) is 6.09 Å². The molecule has 0 radical (unpaired) electrons. The van der Waals surface area contributed by atoms with Gasteiger partial charge in [0.1, 0.15) is 5.60 Å². The Morgan fingerprint density at radius 2 is 2.00 bits per heavy atom. The monoisotopic (exact) mass is 267 g/mol. The Morgan fingerprint density at radius 1 is 1.33 bits per heavy atom. The highest BCUT2D eigenvalue weighted by atomic mass is 35.5. The number of halogens is 1. The number of rotatable bonds is 1. The molecule has 0 spiro atoms. The van der Waals surface area contributed by atoms with Crippen molar-refractivity contribution >= 4 is 17.7 Å². The smallest absolute Gasteiger partial charge is 0.410 e. The van der Waals surface area contributed by atoms with E-state index in [2.05, 4.69) is 6.07 Å². The van der Waals surface area contributed by atoms with Gasteiger partial charge in [0, 0.05) is 19.0 Å². The topological polar surface area (TPSA) is 29.5 Å². The summed E-state index contributed by atoms with van der Waals surface area (Å²) in [6.45, 7) is 6.85. The van der Waals surface area contributed by atoms with Crippen LogP contribution in [0.5, 0.6) is 0 Å². The number of fused-ring (bicyclic) bond motifs is 1. The van der Waals surface area contributed by atoms with E-state index < -0.39 is 5.60 Å². The second-order valence-electron chi connectivity index (χ2n) is 5.57. The summed E-state index contributed by atoms with van der Waals surface area (Å²) >= 11 is 5.81. The summed E-state index contributed by atoms with van der Waals surface area (Å²) in [5.74, 6) is 0.500. The molecule has 1 aromatic carbocycles. The number of nitrogens with zero attached hydrogens (tertiary/aromatic N) is 1. The summed E-state index contributed by atoms with van der Waals surface area (Å²) in [5.41, 5.74) is 2.97. The maximum absolute atomic E-state index is 12.0. The molecule has 1 amide bonds. The first-order chi connectivity index (χ1) is 8.39. The SMILES string of the molecule is CC(C)(C)OC(=O)N1Cc2ccc(CCl)cc2C1. The highest BCUT2D eigenvalue weighted by Crippen LogP contribution is 2.26. The molecule has 0 saturated carbocycles. The lowest BCUT2D eigenvalue weighted by Crippen LogP contribution is -2.33. The number of hydrogen-bond acceptors (Lipinski definition) is 2. The average Bonchev–Trinajstić information content (AvgIpc) is 2.69. The van der Waals surface area contributed by atoms with Gasteiger partial charge in [-0.2, -0.15) is 0 Å². The molecule has 2 rings (SSSR count). The van der Waals surface area contributed by atoms with Gasteiger partial charge in [-0.25, -0.2) is 4.79 Å². The van der Waals surface area contributed by atoms with Gasteiger partial charge in [-0.3, -0.25) is 4.90 Å². The van der Waals surface area contributed by atoms with Crippen LogP contribution < -0.4 is 0 Å². The van der Waals surface area contributed by atoms with Crippen molar-refractivity contribution < 1.29 is 9.53 Å². The van der Waals surface area contributed by atoms with Gasteiger partial charge in [0.15, 0.2) is 0 Å². The van der Waals surface area contributed by atoms with Crippen molar-refractivity contribution in [1.82, 2.24) is 4.90 Å². The highest BCUT2D eigenvalue weighted by Gasteiger charge is 2.27. The number of carbonyl (C=O) groups excluding carboxylic acids is 1. The van der Waals surface area contributed by atoms with E-state index in [1.807, 2.05) is 32.9 Å². The minimum Gasteiger partial charge on any atom is -0.444 e. The third-order valence-corrected chi connectivity index (χ3v) is 3.11. The third-order valence-electron chi connectivity index (χ3n) is 2.80. The van der Waals surface area contributed by atoms with Gasteiger partial charge in [-0.1, -0.05) is 18.2 Å². The Morgan fingerprint density at radius 3 is 2.61 bits per heavy atom. The van der Waals surface area contributed by atoms with E-state index in [0.717, 1.165) is 5.56 Å². The number of benzene rings is 1. The number of carbonyl (C=O) groups is 1. The fraction of sp³-hybridized carbons (Fsp3) is 0.500. The summed E-state index contributed by atoms with van der Waals surface area (Å²) in [7, 11) is 0. The van der Waals surface area contributed by atoms with Gasteiger partial charge >= 0.3 is 6.09 Å². The highest BCUT2D eigenvalue weighted by molar-refractivity contribution is 6.17. The van der Waals surface area contributed by atoms with Crippen molar-refractivity contribution in [1.29, 1.82) is 0 Å².